The number of amides is 2. The van der Waals surface area contributed by atoms with Gasteiger partial charge in [0, 0.05) is 28.6 Å². The van der Waals surface area contributed by atoms with E-state index < -0.39 is 17.9 Å². The summed E-state index contributed by atoms with van der Waals surface area (Å²) >= 11 is 0. The van der Waals surface area contributed by atoms with Gasteiger partial charge >= 0.3 is 0 Å². The molecule has 0 spiro atoms. The van der Waals surface area contributed by atoms with E-state index >= 15 is 0 Å². The van der Waals surface area contributed by atoms with Crippen LogP contribution in [-0.4, -0.2) is 33.2 Å². The largest absolute Gasteiger partial charge is 0.399 e. The van der Waals surface area contributed by atoms with E-state index in [1.54, 1.807) is 65.2 Å². The van der Waals surface area contributed by atoms with Crippen LogP contribution in [0.15, 0.2) is 91.0 Å². The van der Waals surface area contributed by atoms with Crippen LogP contribution in [0.5, 0.6) is 0 Å². The summed E-state index contributed by atoms with van der Waals surface area (Å²) in [5.74, 6) is -1.33. The second-order valence-electron chi connectivity index (χ2n) is 8.96. The average Bonchev–Trinajstić information content (AvgIpc) is 3.33. The number of hydrogen-bond donors (Lipinski definition) is 2. The van der Waals surface area contributed by atoms with Crippen molar-refractivity contribution >= 4 is 50.9 Å². The van der Waals surface area contributed by atoms with Crippen molar-refractivity contribution < 1.29 is 14.4 Å². The molecule has 176 valence electrons. The number of fused-ring (bicyclic) bond motifs is 4. The number of nitrogens with two attached hydrogens (primary N) is 2. The van der Waals surface area contributed by atoms with Crippen molar-refractivity contribution in [3.63, 3.8) is 0 Å². The summed E-state index contributed by atoms with van der Waals surface area (Å²) in [7, 11) is 0. The summed E-state index contributed by atoms with van der Waals surface area (Å²) in [5.41, 5.74) is 15.9. The van der Waals surface area contributed by atoms with Crippen LogP contribution in [0.4, 0.5) is 11.4 Å². The summed E-state index contributed by atoms with van der Waals surface area (Å²) in [4.78, 5) is 42.4. The molecule has 1 aliphatic heterocycles. The van der Waals surface area contributed by atoms with E-state index in [-0.39, 0.29) is 12.3 Å². The molecule has 1 aliphatic rings. The molecule has 1 unspecified atom stereocenters. The molecule has 4 aromatic carbocycles. The molecule has 7 heteroatoms. The summed E-state index contributed by atoms with van der Waals surface area (Å²) < 4.78 is 1.57. The molecule has 0 bridgehead atoms. The number of hydrogen-bond acceptors (Lipinski definition) is 5. The van der Waals surface area contributed by atoms with Crippen molar-refractivity contribution in [3.8, 4) is 0 Å². The van der Waals surface area contributed by atoms with Crippen molar-refractivity contribution in [2.45, 2.75) is 12.5 Å². The summed E-state index contributed by atoms with van der Waals surface area (Å²) in [6.45, 7) is 0. The molecule has 0 fully saturated rings. The van der Waals surface area contributed by atoms with E-state index in [4.69, 9.17) is 11.5 Å². The quantitative estimate of drug-likeness (QED) is 0.294. The number of carbonyl (C=O) groups is 3. The van der Waals surface area contributed by atoms with Crippen LogP contribution in [0, 0.1) is 0 Å². The molecule has 2 heterocycles. The van der Waals surface area contributed by atoms with Gasteiger partial charge in [0.15, 0.2) is 0 Å². The van der Waals surface area contributed by atoms with Gasteiger partial charge in [0.2, 0.25) is 0 Å². The van der Waals surface area contributed by atoms with Gasteiger partial charge in [-0.05, 0) is 54.1 Å². The standard InChI is InChI=1S/C29H22N4O3/c30-18-10-12-24-22(15-18)23-16-19(31)11-13-25(23)32(24)29(36)26(14-17-6-2-1-3-7-17)33-27(34)20-8-4-5-9-21(20)28(33)35/h1-13,15-16,26H,14,30-31H2. The van der Waals surface area contributed by atoms with Crippen molar-refractivity contribution in [3.05, 3.63) is 108 Å². The molecule has 0 saturated carbocycles. The number of carbonyl (C=O) groups excluding carboxylic acids is 3. The molecule has 1 aromatic heterocycles. The highest BCUT2D eigenvalue weighted by molar-refractivity contribution is 6.24. The van der Waals surface area contributed by atoms with Crippen LogP contribution in [0.2, 0.25) is 0 Å². The lowest BCUT2D eigenvalue weighted by atomic mass is 10.0. The van der Waals surface area contributed by atoms with E-state index in [9.17, 15) is 14.4 Å². The lowest BCUT2D eigenvalue weighted by Gasteiger charge is -2.26. The minimum absolute atomic E-state index is 0.177. The highest BCUT2D eigenvalue weighted by Gasteiger charge is 2.43. The highest BCUT2D eigenvalue weighted by Crippen LogP contribution is 2.34. The number of anilines is 2. The lowest BCUT2D eigenvalue weighted by Crippen LogP contribution is -2.48. The molecule has 0 saturated heterocycles. The molecule has 5 aromatic rings. The number of nitrogen functional groups attached to an aromatic ring is 2. The fourth-order valence-corrected chi connectivity index (χ4v) is 5.06. The minimum atomic E-state index is -1.06. The molecule has 2 amide bonds. The zero-order valence-electron chi connectivity index (χ0n) is 19.2. The van der Waals surface area contributed by atoms with Gasteiger partial charge in [-0.1, -0.05) is 42.5 Å². The first-order valence-corrected chi connectivity index (χ1v) is 11.6. The predicted octanol–water partition coefficient (Wildman–Crippen LogP) is 4.51. The average molecular weight is 475 g/mol. The summed E-state index contributed by atoms with van der Waals surface area (Å²) in [6.07, 6.45) is 0.177. The third-order valence-corrected chi connectivity index (χ3v) is 6.73. The second kappa shape index (κ2) is 8.09. The first-order valence-electron chi connectivity index (χ1n) is 11.6. The van der Waals surface area contributed by atoms with Gasteiger partial charge in [0.1, 0.15) is 6.04 Å². The van der Waals surface area contributed by atoms with E-state index in [2.05, 4.69) is 0 Å². The molecular formula is C29H22N4O3. The number of nitrogens with zero attached hydrogens (tertiary/aromatic N) is 2. The number of rotatable bonds is 4. The highest BCUT2D eigenvalue weighted by atomic mass is 16.2. The zero-order valence-corrected chi connectivity index (χ0v) is 19.2. The van der Waals surface area contributed by atoms with Crippen LogP contribution in [0.25, 0.3) is 21.8 Å². The molecule has 36 heavy (non-hydrogen) atoms. The lowest BCUT2D eigenvalue weighted by molar-refractivity contribution is 0.0516. The summed E-state index contributed by atoms with van der Waals surface area (Å²) in [6, 6.07) is 25.6. The van der Waals surface area contributed by atoms with Crippen molar-refractivity contribution in [2.75, 3.05) is 11.5 Å². The van der Waals surface area contributed by atoms with E-state index in [1.807, 2.05) is 30.3 Å². The molecule has 7 nitrogen and oxygen atoms in total. The van der Waals surface area contributed by atoms with E-state index in [1.165, 1.54) is 0 Å². The molecule has 4 N–H and O–H groups in total. The van der Waals surface area contributed by atoms with Gasteiger partial charge in [-0.2, -0.15) is 0 Å². The van der Waals surface area contributed by atoms with Crippen molar-refractivity contribution in [2.24, 2.45) is 0 Å². The molecule has 6 rings (SSSR count). The Bertz CT molecular complexity index is 1610. The molecule has 1 atom stereocenters. The molecule has 0 radical (unpaired) electrons. The number of benzene rings is 4. The Morgan fingerprint density at radius 3 is 1.72 bits per heavy atom. The van der Waals surface area contributed by atoms with Crippen molar-refractivity contribution in [1.82, 2.24) is 9.47 Å². The maximum absolute atomic E-state index is 14.4. The first kappa shape index (κ1) is 21.6. The van der Waals surface area contributed by atoms with Crippen LogP contribution >= 0.6 is 0 Å². The van der Waals surface area contributed by atoms with Crippen LogP contribution < -0.4 is 11.5 Å². The van der Waals surface area contributed by atoms with Crippen molar-refractivity contribution in [1.29, 1.82) is 0 Å². The third kappa shape index (κ3) is 3.25. The monoisotopic (exact) mass is 474 g/mol. The minimum Gasteiger partial charge on any atom is -0.399 e. The molecule has 0 aliphatic carbocycles. The fourth-order valence-electron chi connectivity index (χ4n) is 5.06. The van der Waals surface area contributed by atoms with Gasteiger partial charge in [0.25, 0.3) is 17.7 Å². The van der Waals surface area contributed by atoms with Gasteiger partial charge in [0.05, 0.1) is 22.2 Å². The SMILES string of the molecule is Nc1ccc2c(c1)c1cc(N)ccc1n2C(=O)C(Cc1ccccc1)N1C(=O)c2ccccc2C1=O. The Balaban J connectivity index is 1.56. The Labute approximate surface area is 206 Å². The van der Waals surface area contributed by atoms with Crippen LogP contribution in [-0.2, 0) is 6.42 Å². The maximum Gasteiger partial charge on any atom is 0.262 e. The normalized spacial score (nSPS) is 13.9. The van der Waals surface area contributed by atoms with Gasteiger partial charge in [-0.3, -0.25) is 23.9 Å². The number of aromatic nitrogens is 1. The van der Waals surface area contributed by atoms with Crippen LogP contribution in [0.3, 0.4) is 0 Å². The predicted molar refractivity (Wildman–Crippen MR) is 140 cm³/mol. The van der Waals surface area contributed by atoms with Gasteiger partial charge in [-0.25, -0.2) is 0 Å². The Morgan fingerprint density at radius 2 is 1.19 bits per heavy atom. The second-order valence-corrected chi connectivity index (χ2v) is 8.96. The Kier molecular flexibility index (Phi) is 4.86. The van der Waals surface area contributed by atoms with E-state index in [0.717, 1.165) is 21.2 Å². The van der Waals surface area contributed by atoms with Crippen LogP contribution in [0.1, 0.15) is 31.1 Å². The zero-order chi connectivity index (χ0) is 25.0. The summed E-state index contributed by atoms with van der Waals surface area (Å²) in [5, 5.41) is 1.54. The first-order chi connectivity index (χ1) is 17.4. The number of imide groups is 1. The topological polar surface area (TPSA) is 111 Å². The maximum atomic E-state index is 14.4. The Morgan fingerprint density at radius 1 is 0.694 bits per heavy atom. The Hall–Kier alpha value is -4.91. The third-order valence-electron chi connectivity index (χ3n) is 6.73. The van der Waals surface area contributed by atoms with Gasteiger partial charge < -0.3 is 11.5 Å². The van der Waals surface area contributed by atoms with E-state index in [0.29, 0.717) is 33.5 Å². The van der Waals surface area contributed by atoms with Gasteiger partial charge in [-0.15, -0.1) is 0 Å². The smallest absolute Gasteiger partial charge is 0.262 e. The molecular weight excluding hydrogens is 452 g/mol. The fraction of sp³-hybridized carbons (Fsp3) is 0.0690.